The van der Waals surface area contributed by atoms with Crippen molar-refractivity contribution in [2.45, 2.75) is 31.9 Å². The molecule has 0 spiro atoms. The number of amidine groups is 1. The number of ether oxygens (including phenoxy) is 2. The fraction of sp³-hybridized carbons (Fsp3) is 0.333. The standard InChI is InChI=1S/C18H21N3O3/c1-23-15-8-2-5-13(11-15)12-20-17(21-22)16-9-4-10-19-18(16)24-14-6-3-7-14/h2,4-5,8-11,14,22H,3,6-7,12H2,1H3,(H,20,21). The minimum atomic E-state index is 0.206. The van der Waals surface area contributed by atoms with E-state index in [1.807, 2.05) is 30.3 Å². The van der Waals surface area contributed by atoms with Gasteiger partial charge in [-0.2, -0.15) is 0 Å². The highest BCUT2D eigenvalue weighted by atomic mass is 16.5. The molecular weight excluding hydrogens is 306 g/mol. The summed E-state index contributed by atoms with van der Waals surface area (Å²) in [5.74, 6) is 1.60. The Morgan fingerprint density at radius 3 is 2.92 bits per heavy atom. The molecule has 0 aliphatic heterocycles. The van der Waals surface area contributed by atoms with Crippen LogP contribution in [0.4, 0.5) is 0 Å². The molecule has 2 aromatic rings. The number of rotatable bonds is 6. The van der Waals surface area contributed by atoms with Crippen molar-refractivity contribution >= 4 is 5.84 Å². The number of nitrogens with zero attached hydrogens (tertiary/aromatic N) is 2. The maximum Gasteiger partial charge on any atom is 0.224 e. The van der Waals surface area contributed by atoms with Crippen LogP contribution in [0.25, 0.3) is 0 Å². The summed E-state index contributed by atoms with van der Waals surface area (Å²) in [6, 6.07) is 11.3. The number of nitrogens with one attached hydrogen (secondary N) is 1. The van der Waals surface area contributed by atoms with E-state index in [1.165, 1.54) is 6.42 Å². The van der Waals surface area contributed by atoms with Crippen molar-refractivity contribution in [2.75, 3.05) is 7.11 Å². The topological polar surface area (TPSA) is 76.0 Å². The highest BCUT2D eigenvalue weighted by molar-refractivity contribution is 5.99. The molecule has 0 amide bonds. The van der Waals surface area contributed by atoms with Crippen LogP contribution >= 0.6 is 0 Å². The van der Waals surface area contributed by atoms with Gasteiger partial charge in [0, 0.05) is 6.20 Å². The number of hydroxylamine groups is 1. The Morgan fingerprint density at radius 2 is 2.21 bits per heavy atom. The summed E-state index contributed by atoms with van der Waals surface area (Å²) in [6.07, 6.45) is 5.14. The van der Waals surface area contributed by atoms with Crippen LogP contribution in [0, 0.1) is 0 Å². The highest BCUT2D eigenvalue weighted by Crippen LogP contribution is 2.26. The Labute approximate surface area is 141 Å². The second-order valence-electron chi connectivity index (χ2n) is 5.66. The lowest BCUT2D eigenvalue weighted by atomic mass is 9.96. The van der Waals surface area contributed by atoms with E-state index in [9.17, 15) is 5.21 Å². The SMILES string of the molecule is COc1cccc(CN=C(NO)c2cccnc2OC2CCC2)c1. The van der Waals surface area contributed by atoms with Crippen molar-refractivity contribution in [1.29, 1.82) is 0 Å². The van der Waals surface area contributed by atoms with Gasteiger partial charge in [-0.1, -0.05) is 12.1 Å². The van der Waals surface area contributed by atoms with Gasteiger partial charge in [-0.05, 0) is 49.1 Å². The van der Waals surface area contributed by atoms with E-state index >= 15 is 0 Å². The number of aromatic nitrogens is 1. The quantitative estimate of drug-likeness (QED) is 0.485. The zero-order chi connectivity index (χ0) is 16.8. The minimum absolute atomic E-state index is 0.206. The van der Waals surface area contributed by atoms with Crippen molar-refractivity contribution < 1.29 is 14.7 Å². The van der Waals surface area contributed by atoms with Crippen molar-refractivity contribution in [3.63, 3.8) is 0 Å². The second kappa shape index (κ2) is 7.79. The predicted molar refractivity (Wildman–Crippen MR) is 90.7 cm³/mol. The monoisotopic (exact) mass is 327 g/mol. The van der Waals surface area contributed by atoms with Gasteiger partial charge in [0.1, 0.15) is 11.9 Å². The zero-order valence-electron chi connectivity index (χ0n) is 13.6. The number of pyridine rings is 1. The molecular formula is C18H21N3O3. The van der Waals surface area contributed by atoms with Crippen LogP contribution in [0.15, 0.2) is 47.6 Å². The van der Waals surface area contributed by atoms with Gasteiger partial charge in [0.2, 0.25) is 5.88 Å². The Balaban J connectivity index is 1.79. The maximum atomic E-state index is 9.50. The van der Waals surface area contributed by atoms with Crippen LogP contribution in [0.5, 0.6) is 11.6 Å². The van der Waals surface area contributed by atoms with Crippen molar-refractivity contribution in [3.05, 3.63) is 53.7 Å². The first-order valence-corrected chi connectivity index (χ1v) is 7.99. The number of methoxy groups -OCH3 is 1. The van der Waals surface area contributed by atoms with Gasteiger partial charge in [-0.25, -0.2) is 4.98 Å². The van der Waals surface area contributed by atoms with Crippen molar-refractivity contribution in [3.8, 4) is 11.6 Å². The van der Waals surface area contributed by atoms with E-state index in [2.05, 4.69) is 15.5 Å². The summed E-state index contributed by atoms with van der Waals surface area (Å²) in [7, 11) is 1.63. The number of benzene rings is 1. The molecule has 1 aliphatic carbocycles. The van der Waals surface area contributed by atoms with E-state index in [1.54, 1.807) is 19.4 Å². The van der Waals surface area contributed by atoms with Crippen LogP contribution in [0.1, 0.15) is 30.4 Å². The highest BCUT2D eigenvalue weighted by Gasteiger charge is 2.22. The smallest absolute Gasteiger partial charge is 0.224 e. The lowest BCUT2D eigenvalue weighted by Gasteiger charge is -2.26. The lowest BCUT2D eigenvalue weighted by Crippen LogP contribution is -2.28. The maximum absolute atomic E-state index is 9.50. The fourth-order valence-corrected chi connectivity index (χ4v) is 2.43. The number of hydrogen-bond donors (Lipinski definition) is 2. The molecule has 0 atom stereocenters. The van der Waals surface area contributed by atoms with Gasteiger partial charge in [0.25, 0.3) is 0 Å². The molecule has 6 heteroatoms. The van der Waals surface area contributed by atoms with E-state index in [0.717, 1.165) is 24.2 Å². The zero-order valence-corrected chi connectivity index (χ0v) is 13.6. The summed E-state index contributed by atoms with van der Waals surface area (Å²) < 4.78 is 11.1. The van der Waals surface area contributed by atoms with Gasteiger partial charge >= 0.3 is 0 Å². The average Bonchev–Trinajstić information content (AvgIpc) is 2.60. The van der Waals surface area contributed by atoms with E-state index in [4.69, 9.17) is 9.47 Å². The molecule has 0 radical (unpaired) electrons. The molecule has 0 unspecified atom stereocenters. The Bertz CT molecular complexity index is 714. The largest absolute Gasteiger partial charge is 0.497 e. The third-order valence-electron chi connectivity index (χ3n) is 4.02. The molecule has 1 fully saturated rings. The first-order chi connectivity index (χ1) is 11.8. The molecule has 6 nitrogen and oxygen atoms in total. The van der Waals surface area contributed by atoms with E-state index in [0.29, 0.717) is 23.8 Å². The van der Waals surface area contributed by atoms with Gasteiger partial charge in [0.05, 0.1) is 19.2 Å². The summed E-state index contributed by atoms with van der Waals surface area (Å²) in [4.78, 5) is 8.73. The lowest BCUT2D eigenvalue weighted by molar-refractivity contribution is 0.114. The summed E-state index contributed by atoms with van der Waals surface area (Å²) >= 11 is 0. The van der Waals surface area contributed by atoms with Crippen LogP contribution in [0.3, 0.4) is 0 Å². The van der Waals surface area contributed by atoms with E-state index < -0.39 is 0 Å². The molecule has 3 rings (SSSR count). The Morgan fingerprint density at radius 1 is 1.33 bits per heavy atom. The number of hydrogen-bond acceptors (Lipinski definition) is 5. The summed E-state index contributed by atoms with van der Waals surface area (Å²) in [5.41, 5.74) is 3.79. The minimum Gasteiger partial charge on any atom is -0.497 e. The molecule has 24 heavy (non-hydrogen) atoms. The van der Waals surface area contributed by atoms with Crippen molar-refractivity contribution in [2.24, 2.45) is 4.99 Å². The summed E-state index contributed by atoms with van der Waals surface area (Å²) in [6.45, 7) is 0.401. The Hall–Kier alpha value is -2.60. The van der Waals surface area contributed by atoms with E-state index in [-0.39, 0.29) is 6.10 Å². The molecule has 2 N–H and O–H groups in total. The normalized spacial score (nSPS) is 14.8. The van der Waals surface area contributed by atoms with Crippen LogP contribution in [-0.2, 0) is 6.54 Å². The first kappa shape index (κ1) is 16.3. The predicted octanol–water partition coefficient (Wildman–Crippen LogP) is 2.95. The molecule has 1 aromatic heterocycles. The molecule has 1 aromatic carbocycles. The first-order valence-electron chi connectivity index (χ1n) is 7.99. The van der Waals surface area contributed by atoms with Crippen LogP contribution in [-0.4, -0.2) is 29.2 Å². The van der Waals surface area contributed by atoms with Gasteiger partial charge in [-0.3, -0.25) is 15.7 Å². The van der Waals surface area contributed by atoms with Crippen LogP contribution in [0.2, 0.25) is 0 Å². The van der Waals surface area contributed by atoms with Gasteiger partial charge in [-0.15, -0.1) is 0 Å². The van der Waals surface area contributed by atoms with Gasteiger partial charge in [0.15, 0.2) is 5.84 Å². The molecule has 126 valence electrons. The van der Waals surface area contributed by atoms with Crippen LogP contribution < -0.4 is 15.0 Å². The Kier molecular flexibility index (Phi) is 5.28. The summed E-state index contributed by atoms with van der Waals surface area (Å²) in [5, 5.41) is 9.50. The molecule has 1 saturated carbocycles. The molecule has 1 aliphatic rings. The van der Waals surface area contributed by atoms with Gasteiger partial charge < -0.3 is 9.47 Å². The van der Waals surface area contributed by atoms with Crippen molar-refractivity contribution in [1.82, 2.24) is 10.5 Å². The molecule has 0 saturated heterocycles. The average molecular weight is 327 g/mol. The third-order valence-corrected chi connectivity index (χ3v) is 4.02. The fourth-order valence-electron chi connectivity index (χ4n) is 2.43. The third kappa shape index (κ3) is 3.83. The second-order valence-corrected chi connectivity index (χ2v) is 5.66. The molecule has 0 bridgehead atoms. The number of aliphatic imine (C=N–C) groups is 1. The molecule has 1 heterocycles.